The van der Waals surface area contributed by atoms with Gasteiger partial charge in [0, 0.05) is 0 Å². The van der Waals surface area contributed by atoms with Crippen LogP contribution in [0.25, 0.3) is 0 Å². The van der Waals surface area contributed by atoms with Gasteiger partial charge in [-0.15, -0.1) is 0 Å². The third-order valence-electron chi connectivity index (χ3n) is 2.65. The zero-order valence-electron chi connectivity index (χ0n) is 11.3. The van der Waals surface area contributed by atoms with E-state index in [1.54, 1.807) is 49.4 Å². The first-order valence-corrected chi connectivity index (χ1v) is 6.73. The van der Waals surface area contributed by atoms with Crippen molar-refractivity contribution < 1.29 is 19.1 Å². The number of carbonyl (C=O) groups is 2. The summed E-state index contributed by atoms with van der Waals surface area (Å²) in [5.74, 6) is -0.791. The molecule has 5 heteroatoms. The minimum atomic E-state index is -0.582. The summed E-state index contributed by atoms with van der Waals surface area (Å²) >= 11 is 5.93. The van der Waals surface area contributed by atoms with Gasteiger partial charge in [0.05, 0.1) is 22.8 Å². The molecule has 0 aliphatic rings. The Bertz CT molecular complexity index is 667. The lowest BCUT2D eigenvalue weighted by atomic mass is 10.2. The normalized spacial score (nSPS) is 10.0. The summed E-state index contributed by atoms with van der Waals surface area (Å²) in [6, 6.07) is 12.8. The summed E-state index contributed by atoms with van der Waals surface area (Å²) in [5, 5.41) is 0.309. The summed E-state index contributed by atoms with van der Waals surface area (Å²) in [4.78, 5) is 23.6. The van der Waals surface area contributed by atoms with Crippen LogP contribution in [0.2, 0.25) is 5.02 Å². The molecular weight excluding hydrogens is 292 g/mol. The third-order valence-corrected chi connectivity index (χ3v) is 2.98. The van der Waals surface area contributed by atoms with Crippen molar-refractivity contribution in [1.82, 2.24) is 0 Å². The summed E-state index contributed by atoms with van der Waals surface area (Å²) in [7, 11) is 0. The quantitative estimate of drug-likeness (QED) is 0.638. The van der Waals surface area contributed by atoms with Gasteiger partial charge in [-0.2, -0.15) is 0 Å². The molecule has 0 aliphatic carbocycles. The van der Waals surface area contributed by atoms with Crippen LogP contribution in [0.3, 0.4) is 0 Å². The molecule has 108 valence electrons. The smallest absolute Gasteiger partial charge is 0.345 e. The van der Waals surface area contributed by atoms with E-state index in [-0.39, 0.29) is 17.9 Å². The maximum Gasteiger partial charge on any atom is 0.345 e. The maximum absolute atomic E-state index is 12.0. The van der Waals surface area contributed by atoms with Gasteiger partial charge in [-0.3, -0.25) is 0 Å². The van der Waals surface area contributed by atoms with Gasteiger partial charge in [0.2, 0.25) is 0 Å². The van der Waals surface area contributed by atoms with Crippen LogP contribution in [0, 0.1) is 0 Å². The Kier molecular flexibility index (Phi) is 4.95. The number of esters is 2. The molecule has 0 fully saturated rings. The van der Waals surface area contributed by atoms with Crippen molar-refractivity contribution in [2.45, 2.75) is 6.92 Å². The highest BCUT2D eigenvalue weighted by Crippen LogP contribution is 2.19. The number of ether oxygens (including phenoxy) is 2. The van der Waals surface area contributed by atoms with Crippen molar-refractivity contribution >= 4 is 23.5 Å². The highest BCUT2D eigenvalue weighted by Gasteiger charge is 2.13. The van der Waals surface area contributed by atoms with Crippen molar-refractivity contribution in [3.05, 3.63) is 64.7 Å². The minimum Gasteiger partial charge on any atom is -0.462 e. The Balaban J connectivity index is 2.17. The van der Waals surface area contributed by atoms with Crippen LogP contribution in [0.5, 0.6) is 5.75 Å². The summed E-state index contributed by atoms with van der Waals surface area (Å²) in [6.07, 6.45) is 0. The van der Waals surface area contributed by atoms with Crippen molar-refractivity contribution in [3.63, 3.8) is 0 Å². The number of halogens is 1. The van der Waals surface area contributed by atoms with Crippen LogP contribution < -0.4 is 4.74 Å². The van der Waals surface area contributed by atoms with Crippen LogP contribution in [-0.4, -0.2) is 18.5 Å². The zero-order chi connectivity index (χ0) is 15.2. The van der Waals surface area contributed by atoms with Gasteiger partial charge in [0.1, 0.15) is 5.75 Å². The van der Waals surface area contributed by atoms with Crippen LogP contribution in [-0.2, 0) is 4.74 Å². The molecule has 0 unspecified atom stereocenters. The van der Waals surface area contributed by atoms with E-state index in [0.717, 1.165) is 0 Å². The fourth-order valence-corrected chi connectivity index (χ4v) is 1.90. The molecule has 0 saturated heterocycles. The summed E-state index contributed by atoms with van der Waals surface area (Å²) in [5.41, 5.74) is 0.585. The standard InChI is InChI=1S/C16H13ClO4/c1-2-20-15(18)11-6-5-7-12(10-11)21-16(19)13-8-3-4-9-14(13)17/h3-10H,2H2,1H3. The number of benzene rings is 2. The highest BCUT2D eigenvalue weighted by molar-refractivity contribution is 6.33. The van der Waals surface area contributed by atoms with E-state index < -0.39 is 11.9 Å². The fraction of sp³-hybridized carbons (Fsp3) is 0.125. The van der Waals surface area contributed by atoms with Gasteiger partial charge in [-0.25, -0.2) is 9.59 Å². The molecule has 0 amide bonds. The van der Waals surface area contributed by atoms with E-state index in [1.165, 1.54) is 6.07 Å². The van der Waals surface area contributed by atoms with Gasteiger partial charge in [0.25, 0.3) is 0 Å². The molecule has 0 aromatic heterocycles. The predicted molar refractivity (Wildman–Crippen MR) is 78.8 cm³/mol. The second-order valence-electron chi connectivity index (χ2n) is 4.12. The van der Waals surface area contributed by atoms with Crippen LogP contribution in [0.1, 0.15) is 27.6 Å². The Morgan fingerprint density at radius 1 is 1.05 bits per heavy atom. The van der Waals surface area contributed by atoms with E-state index in [2.05, 4.69) is 0 Å². The first-order chi connectivity index (χ1) is 10.1. The summed E-state index contributed by atoms with van der Waals surface area (Å²) in [6.45, 7) is 2.00. The molecule has 4 nitrogen and oxygen atoms in total. The number of hydrogen-bond donors (Lipinski definition) is 0. The van der Waals surface area contributed by atoms with Crippen LogP contribution >= 0.6 is 11.6 Å². The highest BCUT2D eigenvalue weighted by atomic mass is 35.5. The molecule has 2 aromatic carbocycles. The molecule has 0 saturated carbocycles. The average Bonchev–Trinajstić information content (AvgIpc) is 2.48. The van der Waals surface area contributed by atoms with E-state index >= 15 is 0 Å². The molecule has 0 N–H and O–H groups in total. The lowest BCUT2D eigenvalue weighted by Crippen LogP contribution is -2.10. The molecular formula is C16H13ClO4. The van der Waals surface area contributed by atoms with E-state index in [4.69, 9.17) is 21.1 Å². The number of hydrogen-bond acceptors (Lipinski definition) is 4. The van der Waals surface area contributed by atoms with Gasteiger partial charge < -0.3 is 9.47 Å². The maximum atomic E-state index is 12.0. The fourth-order valence-electron chi connectivity index (χ4n) is 1.69. The van der Waals surface area contributed by atoms with Crippen molar-refractivity contribution in [2.24, 2.45) is 0 Å². The SMILES string of the molecule is CCOC(=O)c1cccc(OC(=O)c2ccccc2Cl)c1. The molecule has 0 aliphatic heterocycles. The largest absolute Gasteiger partial charge is 0.462 e. The minimum absolute atomic E-state index is 0.255. The van der Waals surface area contributed by atoms with Crippen molar-refractivity contribution in [3.8, 4) is 5.75 Å². The summed E-state index contributed by atoms with van der Waals surface area (Å²) < 4.78 is 10.1. The Labute approximate surface area is 127 Å². The second-order valence-corrected chi connectivity index (χ2v) is 4.52. The Hall–Kier alpha value is -2.33. The number of rotatable bonds is 4. The molecule has 0 spiro atoms. The van der Waals surface area contributed by atoms with E-state index in [0.29, 0.717) is 10.6 Å². The van der Waals surface area contributed by atoms with E-state index in [1.807, 2.05) is 0 Å². The van der Waals surface area contributed by atoms with Gasteiger partial charge in [0.15, 0.2) is 0 Å². The van der Waals surface area contributed by atoms with E-state index in [9.17, 15) is 9.59 Å². The molecule has 2 aromatic rings. The third kappa shape index (κ3) is 3.83. The second kappa shape index (κ2) is 6.90. The molecule has 0 bridgehead atoms. The molecule has 2 rings (SSSR count). The van der Waals surface area contributed by atoms with Crippen molar-refractivity contribution in [2.75, 3.05) is 6.61 Å². The average molecular weight is 305 g/mol. The van der Waals surface area contributed by atoms with Gasteiger partial charge >= 0.3 is 11.9 Å². The molecule has 21 heavy (non-hydrogen) atoms. The Morgan fingerprint density at radius 3 is 2.52 bits per heavy atom. The zero-order valence-corrected chi connectivity index (χ0v) is 12.1. The van der Waals surface area contributed by atoms with Crippen molar-refractivity contribution in [1.29, 1.82) is 0 Å². The van der Waals surface area contributed by atoms with Crippen LogP contribution in [0.15, 0.2) is 48.5 Å². The first-order valence-electron chi connectivity index (χ1n) is 6.35. The lowest BCUT2D eigenvalue weighted by Gasteiger charge is -2.07. The van der Waals surface area contributed by atoms with Gasteiger partial charge in [-0.05, 0) is 37.3 Å². The van der Waals surface area contributed by atoms with Crippen LogP contribution in [0.4, 0.5) is 0 Å². The Morgan fingerprint density at radius 2 is 1.81 bits per heavy atom. The molecule has 0 heterocycles. The molecule has 0 radical (unpaired) electrons. The first kappa shape index (κ1) is 15.1. The predicted octanol–water partition coefficient (Wildman–Crippen LogP) is 3.74. The number of carbonyl (C=O) groups excluding carboxylic acids is 2. The molecule has 0 atom stereocenters. The topological polar surface area (TPSA) is 52.6 Å². The lowest BCUT2D eigenvalue weighted by molar-refractivity contribution is 0.0524. The van der Waals surface area contributed by atoms with Gasteiger partial charge in [-0.1, -0.05) is 29.8 Å². The monoisotopic (exact) mass is 304 g/mol.